The molecule has 7 heteroatoms. The first-order valence-electron chi connectivity index (χ1n) is 7.11. The minimum absolute atomic E-state index is 0.00836. The first kappa shape index (κ1) is 18.5. The van der Waals surface area contributed by atoms with E-state index in [1.54, 1.807) is 38.5 Å². The van der Waals surface area contributed by atoms with Crippen LogP contribution in [0.3, 0.4) is 0 Å². The van der Waals surface area contributed by atoms with Gasteiger partial charge >= 0.3 is 0 Å². The number of anilines is 2. The minimum Gasteiger partial charge on any atom is -0.399 e. The van der Waals surface area contributed by atoms with E-state index in [1.165, 1.54) is 6.20 Å². The summed E-state index contributed by atoms with van der Waals surface area (Å²) in [7, 11) is 3.19. The van der Waals surface area contributed by atoms with Crippen molar-refractivity contribution < 1.29 is 14.3 Å². The van der Waals surface area contributed by atoms with Gasteiger partial charge in [0.1, 0.15) is 11.6 Å². The lowest BCUT2D eigenvalue weighted by Crippen LogP contribution is -2.27. The number of benzene rings is 1. The van der Waals surface area contributed by atoms with E-state index in [4.69, 9.17) is 15.2 Å². The Balaban J connectivity index is 2.78. The number of carbonyl (C=O) groups excluding carboxylic acids is 1. The van der Waals surface area contributed by atoms with Crippen molar-refractivity contribution >= 4 is 17.3 Å². The lowest BCUT2D eigenvalue weighted by Gasteiger charge is -2.20. The highest BCUT2D eigenvalue weighted by Gasteiger charge is 2.11. The zero-order valence-electron chi connectivity index (χ0n) is 13.4. The summed E-state index contributed by atoms with van der Waals surface area (Å²) >= 11 is 0. The number of hydrogen-bond acceptors (Lipinski definition) is 6. The van der Waals surface area contributed by atoms with Gasteiger partial charge in [0, 0.05) is 44.9 Å². The van der Waals surface area contributed by atoms with Crippen LogP contribution >= 0.6 is 0 Å². The van der Waals surface area contributed by atoms with Gasteiger partial charge < -0.3 is 25.4 Å². The Morgan fingerprint density at radius 3 is 2.30 bits per heavy atom. The summed E-state index contributed by atoms with van der Waals surface area (Å²) in [6, 6.07) is 8.62. The van der Waals surface area contributed by atoms with Gasteiger partial charge in [0.15, 0.2) is 0 Å². The van der Waals surface area contributed by atoms with Gasteiger partial charge in [-0.15, -0.1) is 0 Å². The van der Waals surface area contributed by atoms with Crippen LogP contribution < -0.4 is 11.1 Å². The van der Waals surface area contributed by atoms with Crippen molar-refractivity contribution in [3.63, 3.8) is 0 Å². The van der Waals surface area contributed by atoms with Crippen molar-refractivity contribution in [2.45, 2.75) is 0 Å². The van der Waals surface area contributed by atoms with Crippen LogP contribution in [0, 0.1) is 11.3 Å². The number of nitrogens with one attached hydrogen (secondary N) is 1. The summed E-state index contributed by atoms with van der Waals surface area (Å²) in [5.74, 6) is -0.475. The molecule has 1 aromatic carbocycles. The van der Waals surface area contributed by atoms with Crippen LogP contribution in [-0.4, -0.2) is 51.3 Å². The van der Waals surface area contributed by atoms with Crippen molar-refractivity contribution in [2.75, 3.05) is 51.6 Å². The number of hydrogen-bond donors (Lipinski definition) is 2. The smallest absolute Gasteiger partial charge is 0.267 e. The number of carbonyl (C=O) groups is 1. The van der Waals surface area contributed by atoms with Crippen LogP contribution in [0.25, 0.3) is 0 Å². The van der Waals surface area contributed by atoms with Crippen molar-refractivity contribution in [2.24, 2.45) is 0 Å². The first-order valence-corrected chi connectivity index (χ1v) is 7.11. The molecule has 1 rings (SSSR count). The molecule has 124 valence electrons. The average Bonchev–Trinajstić information content (AvgIpc) is 2.56. The maximum atomic E-state index is 12.2. The van der Waals surface area contributed by atoms with E-state index in [0.717, 1.165) is 0 Å². The number of nitriles is 1. The lowest BCUT2D eigenvalue weighted by atomic mass is 10.2. The molecule has 0 saturated carbocycles. The van der Waals surface area contributed by atoms with Gasteiger partial charge in [-0.2, -0.15) is 5.26 Å². The standard InChI is InChI=1S/C16H22N4O3/c1-22-9-7-20(8-10-23-2)12-13(11-17)16(21)19-15-5-3-14(18)4-6-15/h3-6,12H,7-10,18H2,1-2H3,(H,19,21)/b13-12-. The molecular weight excluding hydrogens is 296 g/mol. The fraction of sp³-hybridized carbons (Fsp3) is 0.375. The van der Waals surface area contributed by atoms with E-state index in [0.29, 0.717) is 37.7 Å². The molecule has 0 aliphatic heterocycles. The molecule has 23 heavy (non-hydrogen) atoms. The molecule has 0 saturated heterocycles. The Labute approximate surface area is 136 Å². The molecule has 7 nitrogen and oxygen atoms in total. The van der Waals surface area contributed by atoms with Crippen LogP contribution in [0.1, 0.15) is 0 Å². The Morgan fingerprint density at radius 2 is 1.83 bits per heavy atom. The normalized spacial score (nSPS) is 10.9. The SMILES string of the molecule is COCCN(/C=C(/C#N)C(=O)Nc1ccc(N)cc1)CCOC. The second kappa shape index (κ2) is 10.2. The minimum atomic E-state index is -0.475. The molecule has 0 aliphatic carbocycles. The zero-order valence-corrected chi connectivity index (χ0v) is 13.4. The van der Waals surface area contributed by atoms with E-state index in [-0.39, 0.29) is 5.57 Å². The molecule has 0 bridgehead atoms. The molecule has 3 N–H and O–H groups in total. The second-order valence-electron chi connectivity index (χ2n) is 4.75. The number of nitrogen functional groups attached to an aromatic ring is 1. The summed E-state index contributed by atoms with van der Waals surface area (Å²) in [5, 5.41) is 11.9. The van der Waals surface area contributed by atoms with Gasteiger partial charge in [-0.25, -0.2) is 0 Å². The topological polar surface area (TPSA) is 101 Å². The van der Waals surface area contributed by atoms with Crippen molar-refractivity contribution in [1.29, 1.82) is 5.26 Å². The molecule has 0 spiro atoms. The Hall–Kier alpha value is -2.56. The summed E-state index contributed by atoms with van der Waals surface area (Å²) in [6.45, 7) is 2.08. The van der Waals surface area contributed by atoms with Gasteiger partial charge in [0.25, 0.3) is 5.91 Å². The Morgan fingerprint density at radius 1 is 1.26 bits per heavy atom. The Kier molecular flexibility index (Phi) is 8.21. The number of nitrogens with two attached hydrogens (primary N) is 1. The zero-order chi connectivity index (χ0) is 17.1. The van der Waals surface area contributed by atoms with Gasteiger partial charge in [0.2, 0.25) is 0 Å². The average molecular weight is 318 g/mol. The van der Waals surface area contributed by atoms with Crippen molar-refractivity contribution in [3.05, 3.63) is 36.0 Å². The van der Waals surface area contributed by atoms with Crippen LogP contribution in [0.5, 0.6) is 0 Å². The molecule has 0 atom stereocenters. The number of nitrogens with zero attached hydrogens (tertiary/aromatic N) is 2. The van der Waals surface area contributed by atoms with Crippen LogP contribution in [0.2, 0.25) is 0 Å². The highest BCUT2D eigenvalue weighted by molar-refractivity contribution is 6.06. The van der Waals surface area contributed by atoms with Crippen molar-refractivity contribution in [1.82, 2.24) is 4.90 Å². The maximum Gasteiger partial charge on any atom is 0.267 e. The van der Waals surface area contributed by atoms with E-state index >= 15 is 0 Å². The predicted octanol–water partition coefficient (Wildman–Crippen LogP) is 1.21. The fourth-order valence-corrected chi connectivity index (χ4v) is 1.74. The first-order chi connectivity index (χ1) is 11.1. The maximum absolute atomic E-state index is 12.2. The molecule has 0 unspecified atom stereocenters. The molecule has 0 aromatic heterocycles. The molecule has 0 radical (unpaired) electrons. The summed E-state index contributed by atoms with van der Waals surface area (Å²) in [4.78, 5) is 14.0. The number of ether oxygens (including phenoxy) is 2. The molecule has 0 heterocycles. The lowest BCUT2D eigenvalue weighted by molar-refractivity contribution is -0.112. The summed E-state index contributed by atoms with van der Waals surface area (Å²) in [6.07, 6.45) is 1.52. The molecule has 1 amide bonds. The largest absolute Gasteiger partial charge is 0.399 e. The Bertz CT molecular complexity index is 556. The molecular formula is C16H22N4O3. The van der Waals surface area contributed by atoms with E-state index < -0.39 is 5.91 Å². The van der Waals surface area contributed by atoms with Crippen LogP contribution in [0.4, 0.5) is 11.4 Å². The van der Waals surface area contributed by atoms with Crippen molar-refractivity contribution in [3.8, 4) is 6.07 Å². The van der Waals surface area contributed by atoms with Crippen LogP contribution in [-0.2, 0) is 14.3 Å². The summed E-state index contributed by atoms with van der Waals surface area (Å²) < 4.78 is 10.1. The molecule has 0 aliphatic rings. The third kappa shape index (κ3) is 6.82. The molecule has 0 fully saturated rings. The second-order valence-corrected chi connectivity index (χ2v) is 4.75. The van der Waals surface area contributed by atoms with E-state index in [9.17, 15) is 10.1 Å². The third-order valence-electron chi connectivity index (χ3n) is 3.01. The predicted molar refractivity (Wildman–Crippen MR) is 88.5 cm³/mol. The van der Waals surface area contributed by atoms with Gasteiger partial charge in [-0.3, -0.25) is 4.79 Å². The van der Waals surface area contributed by atoms with Gasteiger partial charge in [-0.05, 0) is 24.3 Å². The highest BCUT2D eigenvalue weighted by atomic mass is 16.5. The van der Waals surface area contributed by atoms with E-state index in [1.807, 2.05) is 11.0 Å². The quantitative estimate of drug-likeness (QED) is 0.403. The molecule has 1 aromatic rings. The van der Waals surface area contributed by atoms with Gasteiger partial charge in [0.05, 0.1) is 13.2 Å². The summed E-state index contributed by atoms with van der Waals surface area (Å²) in [5.41, 5.74) is 6.78. The number of amides is 1. The van der Waals surface area contributed by atoms with Gasteiger partial charge in [-0.1, -0.05) is 0 Å². The highest BCUT2D eigenvalue weighted by Crippen LogP contribution is 2.12. The fourth-order valence-electron chi connectivity index (χ4n) is 1.74. The third-order valence-corrected chi connectivity index (χ3v) is 3.01. The number of methoxy groups -OCH3 is 2. The number of rotatable bonds is 9. The van der Waals surface area contributed by atoms with Crippen LogP contribution in [0.15, 0.2) is 36.0 Å². The monoisotopic (exact) mass is 318 g/mol. The van der Waals surface area contributed by atoms with E-state index in [2.05, 4.69) is 5.32 Å².